The molecule has 2 aliphatic heterocycles. The van der Waals surface area contributed by atoms with Crippen LogP contribution in [0.2, 0.25) is 0 Å². The third-order valence-electron chi connectivity index (χ3n) is 13.4. The van der Waals surface area contributed by atoms with Crippen LogP contribution in [0.3, 0.4) is 0 Å². The van der Waals surface area contributed by atoms with Crippen LogP contribution >= 0.6 is 34.0 Å². The van der Waals surface area contributed by atoms with Crippen molar-refractivity contribution in [3.63, 3.8) is 0 Å². The lowest BCUT2D eigenvalue weighted by atomic mass is 9.37. The molecule has 6 heterocycles. The van der Waals surface area contributed by atoms with Crippen molar-refractivity contribution in [2.75, 3.05) is 4.90 Å². The standard InChI is InChI=1S/C54H29BN2S3/c1-6-16-44-32(11-1)33-12-2-7-17-45(33)57(44)31-23-41-38-28-52-39(35-14-4-9-19-49(35)59-52)26-42(38)55-43-27-40-36-15-5-10-20-50(36)60-53(40)29-46(43)56(47(24-31)54(41)55)30-21-22-37-34-13-3-8-18-48(34)58-51(37)25-30/h1-29H. The van der Waals surface area contributed by atoms with Crippen LogP contribution in [0.15, 0.2) is 176 Å². The Hall–Kier alpha value is -6.70. The molecular formula is C54H29BN2S3. The second-order valence-corrected chi connectivity index (χ2v) is 19.6. The molecule has 276 valence electrons. The molecule has 15 rings (SSSR count). The summed E-state index contributed by atoms with van der Waals surface area (Å²) in [6, 6.07) is 66.8. The molecule has 13 aromatic rings. The van der Waals surface area contributed by atoms with Gasteiger partial charge in [0.2, 0.25) is 6.71 Å². The first-order chi connectivity index (χ1) is 29.7. The van der Waals surface area contributed by atoms with Gasteiger partial charge in [-0.2, -0.15) is 0 Å². The lowest BCUT2D eigenvalue weighted by molar-refractivity contribution is 1.17. The number of para-hydroxylation sites is 2. The second-order valence-electron chi connectivity index (χ2n) is 16.4. The maximum atomic E-state index is 2.61. The molecule has 6 heteroatoms. The molecule has 60 heavy (non-hydrogen) atoms. The molecule has 4 aromatic heterocycles. The molecule has 0 spiro atoms. The van der Waals surface area contributed by atoms with Gasteiger partial charge in [0.05, 0.1) is 11.0 Å². The number of hydrogen-bond donors (Lipinski definition) is 0. The number of thiophene rings is 3. The van der Waals surface area contributed by atoms with Crippen molar-refractivity contribution >= 4 is 156 Å². The molecule has 0 unspecified atom stereocenters. The van der Waals surface area contributed by atoms with Crippen LogP contribution in [0.5, 0.6) is 0 Å². The summed E-state index contributed by atoms with van der Waals surface area (Å²) < 4.78 is 10.5. The monoisotopic (exact) mass is 812 g/mol. The summed E-state index contributed by atoms with van der Waals surface area (Å²) in [5, 5.41) is 10.6. The van der Waals surface area contributed by atoms with Crippen LogP contribution in [0.4, 0.5) is 17.1 Å². The highest BCUT2D eigenvalue weighted by atomic mass is 32.1. The number of hydrogen-bond acceptors (Lipinski definition) is 4. The van der Waals surface area contributed by atoms with Crippen LogP contribution in [0.1, 0.15) is 0 Å². The Labute approximate surface area is 356 Å². The molecule has 0 radical (unpaired) electrons. The van der Waals surface area contributed by atoms with Crippen molar-refractivity contribution in [2.45, 2.75) is 0 Å². The SMILES string of the molecule is c1ccc2c(c1)sc1cc(N3c4cc5sc6ccccc6c5cc4B4c5cc6c(cc5-c5cc(-n7c8ccccc8c8ccccc87)cc3c54)sc3ccccc36)ccc12. The van der Waals surface area contributed by atoms with Gasteiger partial charge in [0.1, 0.15) is 0 Å². The molecule has 2 nitrogen and oxygen atoms in total. The fourth-order valence-corrected chi connectivity index (χ4v) is 14.3. The van der Waals surface area contributed by atoms with E-state index < -0.39 is 0 Å². The first kappa shape index (κ1) is 32.2. The quantitative estimate of drug-likeness (QED) is 0.158. The summed E-state index contributed by atoms with van der Waals surface area (Å²) in [5.41, 5.74) is 14.2. The van der Waals surface area contributed by atoms with Gasteiger partial charge in [-0.05, 0) is 99.6 Å². The van der Waals surface area contributed by atoms with Crippen LogP contribution in [0.25, 0.3) is 99.1 Å². The van der Waals surface area contributed by atoms with Gasteiger partial charge < -0.3 is 9.47 Å². The maximum Gasteiger partial charge on any atom is 0.248 e. The Morgan fingerprint density at radius 3 is 1.50 bits per heavy atom. The number of nitrogens with zero attached hydrogens (tertiary/aromatic N) is 2. The van der Waals surface area contributed by atoms with Gasteiger partial charge in [0.15, 0.2) is 0 Å². The van der Waals surface area contributed by atoms with Gasteiger partial charge in [-0.3, -0.25) is 0 Å². The Kier molecular flexibility index (Phi) is 6.18. The van der Waals surface area contributed by atoms with Gasteiger partial charge in [0.25, 0.3) is 0 Å². The molecule has 0 saturated carbocycles. The molecule has 0 fully saturated rings. The number of benzene rings is 9. The zero-order valence-electron chi connectivity index (χ0n) is 31.9. The average molecular weight is 813 g/mol. The summed E-state index contributed by atoms with van der Waals surface area (Å²) in [5.74, 6) is 0. The fourth-order valence-electron chi connectivity index (χ4n) is 10.9. The summed E-state index contributed by atoms with van der Waals surface area (Å²) in [4.78, 5) is 2.61. The van der Waals surface area contributed by atoms with Crippen molar-refractivity contribution in [1.82, 2.24) is 4.57 Å². The number of anilines is 3. The van der Waals surface area contributed by atoms with Crippen molar-refractivity contribution in [1.29, 1.82) is 0 Å². The number of aromatic nitrogens is 1. The van der Waals surface area contributed by atoms with Gasteiger partial charge in [-0.25, -0.2) is 0 Å². The Morgan fingerprint density at radius 1 is 0.333 bits per heavy atom. The predicted molar refractivity (Wildman–Crippen MR) is 264 cm³/mol. The summed E-state index contributed by atoms with van der Waals surface area (Å²) in [6.07, 6.45) is 0. The molecule has 0 aliphatic carbocycles. The zero-order valence-corrected chi connectivity index (χ0v) is 34.4. The van der Waals surface area contributed by atoms with E-state index in [9.17, 15) is 0 Å². The zero-order chi connectivity index (χ0) is 38.8. The third kappa shape index (κ3) is 4.13. The van der Waals surface area contributed by atoms with Crippen molar-refractivity contribution in [3.8, 4) is 16.8 Å². The molecule has 0 N–H and O–H groups in total. The Balaban J connectivity index is 1.10. The lowest BCUT2D eigenvalue weighted by Gasteiger charge is -2.36. The minimum atomic E-state index is 0.0858. The second kappa shape index (κ2) is 11.5. The van der Waals surface area contributed by atoms with E-state index in [0.29, 0.717) is 0 Å². The van der Waals surface area contributed by atoms with E-state index in [1.807, 2.05) is 34.0 Å². The number of rotatable bonds is 2. The van der Waals surface area contributed by atoms with E-state index in [1.54, 1.807) is 0 Å². The summed E-state index contributed by atoms with van der Waals surface area (Å²) in [6.45, 7) is 0.0858. The topological polar surface area (TPSA) is 8.17 Å². The van der Waals surface area contributed by atoms with Crippen molar-refractivity contribution in [2.24, 2.45) is 0 Å². The highest BCUT2D eigenvalue weighted by Gasteiger charge is 2.44. The first-order valence-corrected chi connectivity index (χ1v) is 23.0. The highest BCUT2D eigenvalue weighted by Crippen LogP contribution is 2.48. The molecule has 0 atom stereocenters. The molecule has 2 aliphatic rings. The molecule has 0 amide bonds. The van der Waals surface area contributed by atoms with Gasteiger partial charge in [0, 0.05) is 83.3 Å². The van der Waals surface area contributed by atoms with Gasteiger partial charge >= 0.3 is 0 Å². The number of fused-ring (bicyclic) bond motifs is 17. The lowest BCUT2D eigenvalue weighted by Crippen LogP contribution is -2.54. The normalized spacial score (nSPS) is 13.3. The van der Waals surface area contributed by atoms with E-state index in [2.05, 4.69) is 185 Å². The minimum Gasteiger partial charge on any atom is -0.311 e. The average Bonchev–Trinajstić information content (AvgIpc) is 4.10. The van der Waals surface area contributed by atoms with Gasteiger partial charge in [-0.15, -0.1) is 34.0 Å². The largest absolute Gasteiger partial charge is 0.311 e. The van der Waals surface area contributed by atoms with Gasteiger partial charge in [-0.1, -0.05) is 115 Å². The van der Waals surface area contributed by atoms with Crippen molar-refractivity contribution < 1.29 is 0 Å². The summed E-state index contributed by atoms with van der Waals surface area (Å²) in [7, 11) is 0. The Morgan fingerprint density at radius 2 is 0.850 bits per heavy atom. The van der Waals surface area contributed by atoms with E-state index in [-0.39, 0.29) is 6.71 Å². The fraction of sp³-hybridized carbons (Fsp3) is 0. The predicted octanol–water partition coefficient (Wildman–Crippen LogP) is 14.2. The smallest absolute Gasteiger partial charge is 0.248 e. The molecular weight excluding hydrogens is 784 g/mol. The summed E-state index contributed by atoms with van der Waals surface area (Å²) >= 11 is 5.71. The van der Waals surface area contributed by atoms with Crippen LogP contribution in [0, 0.1) is 0 Å². The van der Waals surface area contributed by atoms with E-state index in [4.69, 9.17) is 0 Å². The van der Waals surface area contributed by atoms with Crippen molar-refractivity contribution in [3.05, 3.63) is 176 Å². The van der Waals surface area contributed by atoms with E-state index >= 15 is 0 Å². The van der Waals surface area contributed by atoms with E-state index in [0.717, 1.165) is 0 Å². The van der Waals surface area contributed by atoms with Crippen LogP contribution < -0.4 is 21.3 Å². The molecule has 0 bridgehead atoms. The van der Waals surface area contributed by atoms with Crippen LogP contribution in [-0.2, 0) is 0 Å². The van der Waals surface area contributed by atoms with Crippen LogP contribution in [-0.4, -0.2) is 11.3 Å². The maximum absolute atomic E-state index is 2.61. The first-order valence-electron chi connectivity index (χ1n) is 20.5. The highest BCUT2D eigenvalue weighted by molar-refractivity contribution is 7.26. The Bertz CT molecular complexity index is 4000. The van der Waals surface area contributed by atoms with E-state index in [1.165, 1.54) is 133 Å². The minimum absolute atomic E-state index is 0.0858. The molecule has 9 aromatic carbocycles. The third-order valence-corrected chi connectivity index (χ3v) is 16.8. The molecule has 0 saturated heterocycles.